The molecule has 1 unspecified atom stereocenters. The molecule has 7 heteroatoms. The lowest BCUT2D eigenvalue weighted by Gasteiger charge is -2.35. The van der Waals surface area contributed by atoms with E-state index >= 15 is 0 Å². The predicted molar refractivity (Wildman–Crippen MR) is 137 cm³/mol. The Morgan fingerprint density at radius 1 is 1.06 bits per heavy atom. The van der Waals surface area contributed by atoms with Crippen molar-refractivity contribution in [1.82, 2.24) is 20.2 Å². The Morgan fingerprint density at radius 2 is 1.76 bits per heavy atom. The van der Waals surface area contributed by atoms with E-state index in [0.717, 1.165) is 42.8 Å². The molecule has 1 aromatic heterocycles. The van der Waals surface area contributed by atoms with E-state index in [1.165, 1.54) is 5.56 Å². The second kappa shape index (κ2) is 9.47. The first kappa shape index (κ1) is 23.8. The molecule has 174 valence electrons. The Morgan fingerprint density at radius 3 is 2.39 bits per heavy atom. The first-order chi connectivity index (χ1) is 15.7. The van der Waals surface area contributed by atoms with Crippen LogP contribution in [-0.2, 0) is 5.54 Å². The lowest BCUT2D eigenvalue weighted by Crippen LogP contribution is -2.38. The number of aromatic nitrogens is 4. The van der Waals surface area contributed by atoms with E-state index < -0.39 is 0 Å². The lowest BCUT2D eigenvalue weighted by molar-refractivity contribution is 0.254. The Balaban J connectivity index is 1.72. The van der Waals surface area contributed by atoms with Gasteiger partial charge >= 0.3 is 0 Å². The molecule has 0 radical (unpaired) electrons. The van der Waals surface area contributed by atoms with Crippen molar-refractivity contribution in [3.63, 3.8) is 0 Å². The predicted octanol–water partition coefficient (Wildman–Crippen LogP) is 7.47. The Bertz CT molecular complexity index is 1120. The van der Waals surface area contributed by atoms with Crippen molar-refractivity contribution < 1.29 is 0 Å². The Labute approximate surface area is 206 Å². The molecule has 0 saturated heterocycles. The average molecular weight is 484 g/mol. The number of tetrazole rings is 1. The molecule has 1 atom stereocenters. The highest BCUT2D eigenvalue weighted by atomic mass is 35.5. The van der Waals surface area contributed by atoms with E-state index in [2.05, 4.69) is 78.9 Å². The van der Waals surface area contributed by atoms with Crippen LogP contribution in [0.15, 0.2) is 48.5 Å². The summed E-state index contributed by atoms with van der Waals surface area (Å²) in [4.78, 5) is 0. The van der Waals surface area contributed by atoms with Crippen LogP contribution in [-0.4, -0.2) is 20.2 Å². The first-order valence-electron chi connectivity index (χ1n) is 11.4. The maximum Gasteiger partial charge on any atom is 0.177 e. The van der Waals surface area contributed by atoms with Crippen LogP contribution >= 0.6 is 23.2 Å². The highest BCUT2D eigenvalue weighted by molar-refractivity contribution is 6.35. The minimum absolute atomic E-state index is 0.0634. The molecule has 0 aliphatic heterocycles. The van der Waals surface area contributed by atoms with Gasteiger partial charge in [0.25, 0.3) is 0 Å². The van der Waals surface area contributed by atoms with Crippen LogP contribution in [0.25, 0.3) is 6.08 Å². The fourth-order valence-electron chi connectivity index (χ4n) is 4.56. The molecular formula is C26H31Cl2N5. The fourth-order valence-corrected chi connectivity index (χ4v) is 5.03. The highest BCUT2D eigenvalue weighted by Gasteiger charge is 2.42. The van der Waals surface area contributed by atoms with Crippen molar-refractivity contribution in [1.29, 1.82) is 0 Å². The van der Waals surface area contributed by atoms with Gasteiger partial charge in [0.1, 0.15) is 0 Å². The lowest BCUT2D eigenvalue weighted by atomic mass is 9.85. The van der Waals surface area contributed by atoms with Gasteiger partial charge in [0.2, 0.25) is 0 Å². The number of anilines is 1. The first-order valence-corrected chi connectivity index (χ1v) is 12.2. The average Bonchev–Trinajstić information content (AvgIpc) is 3.41. The zero-order chi connectivity index (χ0) is 23.6. The van der Waals surface area contributed by atoms with Crippen LogP contribution < -0.4 is 5.32 Å². The van der Waals surface area contributed by atoms with Crippen molar-refractivity contribution in [2.45, 2.75) is 65.0 Å². The second-order valence-corrected chi connectivity index (χ2v) is 10.9. The summed E-state index contributed by atoms with van der Waals surface area (Å²) in [7, 11) is 0. The SMILES string of the molecule is Cc1ccc(NC2(c3nnnn3C(C=Cc3ccc(Cl)cc3Cl)C(C)(C)C)CCCC2)cc1. The topological polar surface area (TPSA) is 55.6 Å². The third-order valence-corrected chi connectivity index (χ3v) is 6.95. The van der Waals surface area contributed by atoms with Crippen LogP contribution in [0.3, 0.4) is 0 Å². The number of rotatable bonds is 6. The number of benzene rings is 2. The van der Waals surface area contributed by atoms with Gasteiger partial charge in [0.05, 0.1) is 11.6 Å². The molecule has 0 amide bonds. The molecule has 1 fully saturated rings. The molecule has 0 bridgehead atoms. The minimum atomic E-state index is -0.298. The van der Waals surface area contributed by atoms with E-state index in [9.17, 15) is 0 Å². The van der Waals surface area contributed by atoms with Crippen molar-refractivity contribution >= 4 is 35.0 Å². The van der Waals surface area contributed by atoms with Crippen molar-refractivity contribution in [2.75, 3.05) is 5.32 Å². The molecule has 1 saturated carbocycles. The van der Waals surface area contributed by atoms with Crippen molar-refractivity contribution in [3.8, 4) is 0 Å². The molecule has 2 aromatic carbocycles. The largest absolute Gasteiger partial charge is 0.373 e. The maximum atomic E-state index is 6.42. The van der Waals surface area contributed by atoms with Gasteiger partial charge in [0.15, 0.2) is 5.82 Å². The zero-order valence-corrected chi connectivity index (χ0v) is 21.2. The molecule has 3 aromatic rings. The van der Waals surface area contributed by atoms with E-state index in [1.54, 1.807) is 6.07 Å². The number of aryl methyl sites for hydroxylation is 1. The zero-order valence-electron chi connectivity index (χ0n) is 19.6. The van der Waals surface area contributed by atoms with Crippen LogP contribution in [0.4, 0.5) is 5.69 Å². The van der Waals surface area contributed by atoms with Crippen LogP contribution in [0, 0.1) is 12.3 Å². The molecule has 33 heavy (non-hydrogen) atoms. The Kier molecular flexibility index (Phi) is 6.83. The van der Waals surface area contributed by atoms with Crippen LogP contribution in [0.2, 0.25) is 10.0 Å². The molecular weight excluding hydrogens is 453 g/mol. The van der Waals surface area contributed by atoms with Crippen molar-refractivity contribution in [3.05, 3.63) is 75.5 Å². The van der Waals surface area contributed by atoms with Gasteiger partial charge in [-0.25, -0.2) is 4.68 Å². The third kappa shape index (κ3) is 5.25. The van der Waals surface area contributed by atoms with Crippen LogP contribution in [0.5, 0.6) is 0 Å². The summed E-state index contributed by atoms with van der Waals surface area (Å²) in [6, 6.07) is 14.0. The second-order valence-electron chi connectivity index (χ2n) is 10.1. The van der Waals surface area contributed by atoms with Gasteiger partial charge in [-0.2, -0.15) is 0 Å². The monoisotopic (exact) mass is 483 g/mol. The summed E-state index contributed by atoms with van der Waals surface area (Å²) < 4.78 is 1.99. The van der Waals surface area contributed by atoms with E-state index in [-0.39, 0.29) is 17.0 Å². The van der Waals surface area contributed by atoms with Gasteiger partial charge in [-0.15, -0.1) is 5.10 Å². The maximum absolute atomic E-state index is 6.42. The standard InChI is InChI=1S/C26H31Cl2N5/c1-18-7-12-21(13-8-18)29-26(15-5-6-16-26)24-30-31-32-33(24)23(25(2,3)4)14-10-19-9-11-20(27)17-22(19)28/h7-14,17,23,29H,5-6,15-16H2,1-4H3. The van der Waals surface area contributed by atoms with E-state index in [0.29, 0.717) is 10.0 Å². The van der Waals surface area contributed by atoms with E-state index in [4.69, 9.17) is 23.2 Å². The smallest absolute Gasteiger partial charge is 0.177 e. The highest BCUT2D eigenvalue weighted by Crippen LogP contribution is 2.43. The molecule has 4 rings (SSSR count). The van der Waals surface area contributed by atoms with Gasteiger partial charge in [-0.1, -0.05) is 92.7 Å². The number of hydrogen-bond acceptors (Lipinski definition) is 4. The summed E-state index contributed by atoms with van der Waals surface area (Å²) in [5.74, 6) is 0.882. The number of nitrogens with zero attached hydrogens (tertiary/aromatic N) is 4. The minimum Gasteiger partial charge on any atom is -0.373 e. The summed E-state index contributed by atoms with van der Waals surface area (Å²) in [5, 5.41) is 18.2. The quantitative estimate of drug-likeness (QED) is 0.394. The molecule has 1 N–H and O–H groups in total. The molecule has 1 heterocycles. The number of allylic oxidation sites excluding steroid dienone is 1. The number of halogens is 2. The normalized spacial score (nSPS) is 16.9. The van der Waals surface area contributed by atoms with Crippen LogP contribution in [0.1, 0.15) is 69.4 Å². The summed E-state index contributed by atoms with van der Waals surface area (Å²) >= 11 is 12.5. The van der Waals surface area contributed by atoms with Crippen molar-refractivity contribution in [2.24, 2.45) is 5.41 Å². The summed E-state index contributed by atoms with van der Waals surface area (Å²) in [5.41, 5.74) is 2.83. The number of nitrogens with one attached hydrogen (secondary N) is 1. The third-order valence-electron chi connectivity index (χ3n) is 6.38. The summed E-state index contributed by atoms with van der Waals surface area (Å²) in [6.07, 6.45) is 8.44. The molecule has 0 spiro atoms. The fraction of sp³-hybridized carbons (Fsp3) is 0.423. The molecule has 1 aliphatic rings. The molecule has 1 aliphatic carbocycles. The Hall–Kier alpha value is -2.37. The van der Waals surface area contributed by atoms with Gasteiger partial charge in [-0.3, -0.25) is 0 Å². The molecule has 5 nitrogen and oxygen atoms in total. The van der Waals surface area contributed by atoms with E-state index in [1.807, 2.05) is 22.9 Å². The van der Waals surface area contributed by atoms with Gasteiger partial charge < -0.3 is 5.32 Å². The van der Waals surface area contributed by atoms with Gasteiger partial charge in [0, 0.05) is 15.7 Å². The number of hydrogen-bond donors (Lipinski definition) is 1. The summed E-state index contributed by atoms with van der Waals surface area (Å²) in [6.45, 7) is 8.70. The van der Waals surface area contributed by atoms with Gasteiger partial charge in [-0.05, 0) is 65.4 Å².